The molecule has 0 bridgehead atoms. The topological polar surface area (TPSA) is 69.6 Å². The lowest BCUT2D eigenvalue weighted by Crippen LogP contribution is -2.46. The van der Waals surface area contributed by atoms with Gasteiger partial charge in [-0.3, -0.25) is 0 Å². The van der Waals surface area contributed by atoms with Gasteiger partial charge < -0.3 is 15.3 Å². The summed E-state index contributed by atoms with van der Waals surface area (Å²) in [5.41, 5.74) is 0.644. The fourth-order valence-electron chi connectivity index (χ4n) is 1.79. The van der Waals surface area contributed by atoms with E-state index in [0.717, 1.165) is 0 Å². The molecule has 1 rings (SSSR count). The molecule has 0 aliphatic carbocycles. The van der Waals surface area contributed by atoms with E-state index in [1.54, 1.807) is 12.1 Å². The van der Waals surface area contributed by atoms with Crippen LogP contribution >= 0.6 is 0 Å². The number of amides is 2. The lowest BCUT2D eigenvalue weighted by atomic mass is 10.2. The summed E-state index contributed by atoms with van der Waals surface area (Å²) in [5, 5.41) is 11.4. The van der Waals surface area contributed by atoms with E-state index in [1.165, 1.54) is 24.1 Å². The molecule has 0 saturated heterocycles. The number of carboxylic acid groups (broad SMARTS) is 1. The number of nitrogens with zero attached hydrogens (tertiary/aromatic N) is 1. The molecular weight excluding hydrogens is 263 g/mol. The quantitative estimate of drug-likeness (QED) is 0.840. The first kappa shape index (κ1) is 15.9. The van der Waals surface area contributed by atoms with Crippen LogP contribution in [-0.4, -0.2) is 35.1 Å². The third-order valence-electron chi connectivity index (χ3n) is 2.83. The Hall–Kier alpha value is -2.11. The number of rotatable bonds is 6. The van der Waals surface area contributed by atoms with E-state index < -0.39 is 18.0 Å². The third kappa shape index (κ3) is 4.87. The van der Waals surface area contributed by atoms with Crippen molar-refractivity contribution in [3.8, 4) is 0 Å². The van der Waals surface area contributed by atoms with Gasteiger partial charge in [-0.05, 0) is 24.1 Å². The molecule has 110 valence electrons. The van der Waals surface area contributed by atoms with Gasteiger partial charge in [-0.15, -0.1) is 0 Å². The van der Waals surface area contributed by atoms with Gasteiger partial charge in [-0.1, -0.05) is 25.5 Å². The normalized spacial score (nSPS) is 11.8. The highest BCUT2D eigenvalue weighted by atomic mass is 19.1. The van der Waals surface area contributed by atoms with E-state index >= 15 is 0 Å². The first-order valence-corrected chi connectivity index (χ1v) is 6.43. The van der Waals surface area contributed by atoms with Crippen LogP contribution in [0.5, 0.6) is 0 Å². The van der Waals surface area contributed by atoms with Gasteiger partial charge in [0.05, 0.1) is 0 Å². The van der Waals surface area contributed by atoms with Crippen molar-refractivity contribution in [1.29, 1.82) is 0 Å². The smallest absolute Gasteiger partial charge is 0.326 e. The second kappa shape index (κ2) is 7.47. The van der Waals surface area contributed by atoms with Crippen molar-refractivity contribution < 1.29 is 19.1 Å². The molecule has 1 aromatic rings. The van der Waals surface area contributed by atoms with Crippen molar-refractivity contribution in [2.45, 2.75) is 32.4 Å². The lowest BCUT2D eigenvalue weighted by molar-refractivity contribution is -0.139. The number of nitrogens with one attached hydrogen (secondary N) is 1. The predicted octanol–water partition coefficient (Wildman–Crippen LogP) is 2.22. The van der Waals surface area contributed by atoms with Gasteiger partial charge in [0.25, 0.3) is 0 Å². The molecule has 0 spiro atoms. The molecule has 1 atom stereocenters. The van der Waals surface area contributed by atoms with Crippen LogP contribution in [0.4, 0.5) is 9.18 Å². The van der Waals surface area contributed by atoms with E-state index in [4.69, 9.17) is 5.11 Å². The van der Waals surface area contributed by atoms with E-state index in [9.17, 15) is 14.0 Å². The van der Waals surface area contributed by atoms with Gasteiger partial charge in [0, 0.05) is 13.6 Å². The fraction of sp³-hybridized carbons (Fsp3) is 0.429. The lowest BCUT2D eigenvalue weighted by Gasteiger charge is -2.21. The molecule has 0 aliphatic rings. The number of hydrogen-bond donors (Lipinski definition) is 2. The highest BCUT2D eigenvalue weighted by Gasteiger charge is 2.20. The minimum absolute atomic E-state index is 0.210. The average Bonchev–Trinajstić information content (AvgIpc) is 2.37. The second-order valence-corrected chi connectivity index (χ2v) is 4.61. The van der Waals surface area contributed by atoms with E-state index in [2.05, 4.69) is 5.32 Å². The minimum Gasteiger partial charge on any atom is -0.480 e. The van der Waals surface area contributed by atoms with E-state index in [-0.39, 0.29) is 12.4 Å². The third-order valence-corrected chi connectivity index (χ3v) is 2.83. The number of halogens is 1. The number of carbonyl (C=O) groups excluding carboxylic acids is 1. The first-order chi connectivity index (χ1) is 9.43. The molecule has 0 saturated carbocycles. The SMILES string of the molecule is CCC[C@@H](NC(=O)N(C)Cc1cccc(F)c1)C(=O)O. The maximum atomic E-state index is 13.0. The number of carbonyl (C=O) groups is 2. The van der Waals surface area contributed by atoms with Crippen LogP contribution in [0.25, 0.3) is 0 Å². The van der Waals surface area contributed by atoms with E-state index in [1.807, 2.05) is 6.92 Å². The van der Waals surface area contributed by atoms with Crippen molar-refractivity contribution in [3.05, 3.63) is 35.6 Å². The fourth-order valence-corrected chi connectivity index (χ4v) is 1.79. The summed E-state index contributed by atoms with van der Waals surface area (Å²) in [6, 6.07) is 4.54. The summed E-state index contributed by atoms with van der Waals surface area (Å²) in [6.07, 6.45) is 1.03. The molecule has 0 aliphatic heterocycles. The average molecular weight is 282 g/mol. The van der Waals surface area contributed by atoms with Gasteiger partial charge in [-0.25, -0.2) is 14.0 Å². The van der Waals surface area contributed by atoms with Crippen LogP contribution in [0.1, 0.15) is 25.3 Å². The molecule has 20 heavy (non-hydrogen) atoms. The van der Waals surface area contributed by atoms with Crippen LogP contribution < -0.4 is 5.32 Å². The maximum absolute atomic E-state index is 13.0. The zero-order valence-corrected chi connectivity index (χ0v) is 11.6. The van der Waals surface area contributed by atoms with Crippen molar-refractivity contribution in [2.24, 2.45) is 0 Å². The minimum atomic E-state index is -1.06. The Labute approximate surface area is 117 Å². The van der Waals surface area contributed by atoms with Crippen LogP contribution in [0.3, 0.4) is 0 Å². The first-order valence-electron chi connectivity index (χ1n) is 6.43. The highest BCUT2D eigenvalue weighted by molar-refractivity contribution is 5.82. The zero-order valence-electron chi connectivity index (χ0n) is 11.6. The van der Waals surface area contributed by atoms with Crippen molar-refractivity contribution in [1.82, 2.24) is 10.2 Å². The molecule has 2 amide bonds. The van der Waals surface area contributed by atoms with Gasteiger partial charge in [0.2, 0.25) is 0 Å². The van der Waals surface area contributed by atoms with Gasteiger partial charge in [0.1, 0.15) is 11.9 Å². The molecule has 0 heterocycles. The largest absolute Gasteiger partial charge is 0.480 e. The van der Waals surface area contributed by atoms with Crippen molar-refractivity contribution in [2.75, 3.05) is 7.05 Å². The molecule has 0 radical (unpaired) electrons. The Balaban J connectivity index is 2.60. The van der Waals surface area contributed by atoms with Gasteiger partial charge in [-0.2, -0.15) is 0 Å². The summed E-state index contributed by atoms with van der Waals surface area (Å²) in [4.78, 5) is 24.2. The molecule has 2 N–H and O–H groups in total. The molecule has 6 heteroatoms. The summed E-state index contributed by atoms with van der Waals surface area (Å²) in [5.74, 6) is -1.43. The molecule has 0 unspecified atom stereocenters. The highest BCUT2D eigenvalue weighted by Crippen LogP contribution is 2.07. The number of hydrogen-bond acceptors (Lipinski definition) is 2. The van der Waals surface area contributed by atoms with Gasteiger partial charge in [0.15, 0.2) is 0 Å². The zero-order chi connectivity index (χ0) is 15.1. The second-order valence-electron chi connectivity index (χ2n) is 4.61. The number of aliphatic carboxylic acids is 1. The molecule has 0 fully saturated rings. The molecular formula is C14H19FN2O3. The Bertz CT molecular complexity index is 479. The van der Waals surface area contributed by atoms with Gasteiger partial charge >= 0.3 is 12.0 Å². The molecule has 1 aromatic carbocycles. The van der Waals surface area contributed by atoms with Crippen molar-refractivity contribution in [3.63, 3.8) is 0 Å². The van der Waals surface area contributed by atoms with E-state index in [0.29, 0.717) is 18.4 Å². The van der Waals surface area contributed by atoms with Crippen molar-refractivity contribution >= 4 is 12.0 Å². The summed E-state index contributed by atoms with van der Waals surface area (Å²) >= 11 is 0. The summed E-state index contributed by atoms with van der Waals surface area (Å²) in [7, 11) is 1.53. The number of urea groups is 1. The van der Waals surface area contributed by atoms with Crippen LogP contribution in [0, 0.1) is 5.82 Å². The predicted molar refractivity (Wildman–Crippen MR) is 72.7 cm³/mol. The number of benzene rings is 1. The molecule has 0 aromatic heterocycles. The van der Waals surface area contributed by atoms with Crippen LogP contribution in [-0.2, 0) is 11.3 Å². The Kier molecular flexibility index (Phi) is 5.96. The van der Waals surface area contributed by atoms with Crippen LogP contribution in [0.15, 0.2) is 24.3 Å². The Morgan fingerprint density at radius 3 is 2.70 bits per heavy atom. The summed E-state index contributed by atoms with van der Waals surface area (Å²) in [6.45, 7) is 2.06. The monoisotopic (exact) mass is 282 g/mol. The van der Waals surface area contributed by atoms with Crippen LogP contribution in [0.2, 0.25) is 0 Å². The number of carboxylic acids is 1. The summed E-state index contributed by atoms with van der Waals surface area (Å²) < 4.78 is 13.0. The maximum Gasteiger partial charge on any atom is 0.326 e. The standard InChI is InChI=1S/C14H19FN2O3/c1-3-5-12(13(18)19)16-14(20)17(2)9-10-6-4-7-11(15)8-10/h4,6-8,12H,3,5,9H2,1-2H3,(H,16,20)(H,18,19)/t12-/m1/s1. The Morgan fingerprint density at radius 2 is 2.15 bits per heavy atom. The Morgan fingerprint density at radius 1 is 1.45 bits per heavy atom. The molecule has 5 nitrogen and oxygen atoms in total.